The zero-order chi connectivity index (χ0) is 26.3. The number of halogens is 1. The summed E-state index contributed by atoms with van der Waals surface area (Å²) >= 11 is 0. The number of nitrogens with zero attached hydrogens (tertiary/aromatic N) is 2. The molecule has 0 spiro atoms. The molecular formula is C31H25FN4O2. The fraction of sp³-hybridized carbons (Fsp3) is 0.129. The van der Waals surface area contributed by atoms with Gasteiger partial charge in [0.2, 0.25) is 0 Å². The van der Waals surface area contributed by atoms with Crippen LogP contribution in [-0.2, 0) is 12.0 Å². The van der Waals surface area contributed by atoms with Crippen molar-refractivity contribution in [1.29, 1.82) is 0 Å². The molecule has 0 aliphatic heterocycles. The molecule has 3 N–H and O–H groups in total. The van der Waals surface area contributed by atoms with E-state index >= 15 is 0 Å². The molecule has 5 aromatic rings. The molecule has 3 aromatic carbocycles. The van der Waals surface area contributed by atoms with Gasteiger partial charge in [-0.2, -0.15) is 5.10 Å². The molecular weight excluding hydrogens is 479 g/mol. The lowest BCUT2D eigenvalue weighted by molar-refractivity contribution is 0.0930. The minimum atomic E-state index is -0.585. The van der Waals surface area contributed by atoms with Gasteiger partial charge in [0.05, 0.1) is 22.3 Å². The van der Waals surface area contributed by atoms with Crippen molar-refractivity contribution in [3.8, 4) is 11.1 Å². The van der Waals surface area contributed by atoms with E-state index in [0.29, 0.717) is 28.8 Å². The number of amides is 2. The van der Waals surface area contributed by atoms with Crippen molar-refractivity contribution in [3.05, 3.63) is 131 Å². The van der Waals surface area contributed by atoms with Crippen molar-refractivity contribution >= 4 is 17.3 Å². The summed E-state index contributed by atoms with van der Waals surface area (Å²) in [4.78, 5) is 25.6. The second-order valence-electron chi connectivity index (χ2n) is 9.72. The van der Waals surface area contributed by atoms with E-state index in [9.17, 15) is 14.0 Å². The van der Waals surface area contributed by atoms with E-state index in [4.69, 9.17) is 5.73 Å². The van der Waals surface area contributed by atoms with Crippen LogP contribution in [0.2, 0.25) is 0 Å². The van der Waals surface area contributed by atoms with Crippen molar-refractivity contribution in [2.75, 3.05) is 0 Å². The molecule has 1 saturated carbocycles. The third-order valence-corrected chi connectivity index (χ3v) is 7.13. The van der Waals surface area contributed by atoms with Crippen molar-refractivity contribution < 1.29 is 14.0 Å². The summed E-state index contributed by atoms with van der Waals surface area (Å²) in [5.41, 5.74) is 11.0. The van der Waals surface area contributed by atoms with Gasteiger partial charge in [-0.15, -0.1) is 0 Å². The van der Waals surface area contributed by atoms with Crippen LogP contribution in [-0.4, -0.2) is 21.4 Å². The van der Waals surface area contributed by atoms with Crippen LogP contribution in [0.1, 0.15) is 50.4 Å². The Morgan fingerprint density at radius 1 is 0.921 bits per heavy atom. The Kier molecular flexibility index (Phi) is 5.76. The zero-order valence-electron chi connectivity index (χ0n) is 20.5. The Balaban J connectivity index is 1.31. The van der Waals surface area contributed by atoms with Crippen molar-refractivity contribution in [2.24, 2.45) is 5.73 Å². The van der Waals surface area contributed by atoms with Crippen LogP contribution in [0.3, 0.4) is 0 Å². The molecule has 6 rings (SSSR count). The van der Waals surface area contributed by atoms with Gasteiger partial charge in [-0.1, -0.05) is 54.6 Å². The molecule has 1 aliphatic rings. The fourth-order valence-corrected chi connectivity index (χ4v) is 4.96. The highest BCUT2D eigenvalue weighted by molar-refractivity contribution is 6.02. The van der Waals surface area contributed by atoms with Gasteiger partial charge in [-0.05, 0) is 71.5 Å². The highest BCUT2D eigenvalue weighted by Gasteiger charge is 2.45. The van der Waals surface area contributed by atoms with E-state index in [2.05, 4.69) is 10.4 Å². The lowest BCUT2D eigenvalue weighted by atomic mass is 10.0. The Labute approximate surface area is 218 Å². The molecule has 7 heteroatoms. The van der Waals surface area contributed by atoms with E-state index in [1.165, 1.54) is 12.1 Å². The number of aromatic nitrogens is 2. The third-order valence-electron chi connectivity index (χ3n) is 7.13. The summed E-state index contributed by atoms with van der Waals surface area (Å²) in [6.45, 7) is 0. The van der Waals surface area contributed by atoms with E-state index in [-0.39, 0.29) is 17.3 Å². The maximum absolute atomic E-state index is 13.3. The van der Waals surface area contributed by atoms with E-state index in [1.54, 1.807) is 28.9 Å². The van der Waals surface area contributed by atoms with Crippen LogP contribution in [0, 0.1) is 5.82 Å². The van der Waals surface area contributed by atoms with Gasteiger partial charge in [0.1, 0.15) is 5.82 Å². The van der Waals surface area contributed by atoms with Crippen molar-refractivity contribution in [1.82, 2.24) is 14.9 Å². The molecule has 0 unspecified atom stereocenters. The first-order valence-corrected chi connectivity index (χ1v) is 12.5. The summed E-state index contributed by atoms with van der Waals surface area (Å²) < 4.78 is 14.9. The molecule has 2 amide bonds. The summed E-state index contributed by atoms with van der Waals surface area (Å²) in [5.74, 6) is -1.04. The molecule has 188 valence electrons. The number of carbonyl (C=O) groups excluding carboxylic acids is 2. The lowest BCUT2D eigenvalue weighted by Gasteiger charge is -2.18. The van der Waals surface area contributed by atoms with E-state index in [0.717, 1.165) is 35.1 Å². The number of carbonyl (C=O) groups is 2. The first-order valence-electron chi connectivity index (χ1n) is 12.5. The number of nitrogens with one attached hydrogen (secondary N) is 1. The second kappa shape index (κ2) is 9.27. The summed E-state index contributed by atoms with van der Waals surface area (Å²) in [6, 6.07) is 27.3. The molecule has 0 radical (unpaired) electrons. The smallest absolute Gasteiger partial charge is 0.252 e. The minimum Gasteiger partial charge on any atom is -0.365 e. The highest BCUT2D eigenvalue weighted by Crippen LogP contribution is 2.45. The van der Waals surface area contributed by atoms with Crippen LogP contribution < -0.4 is 11.1 Å². The van der Waals surface area contributed by atoms with Gasteiger partial charge >= 0.3 is 0 Å². The van der Waals surface area contributed by atoms with Crippen LogP contribution in [0.5, 0.6) is 0 Å². The first kappa shape index (κ1) is 23.6. The average molecular weight is 505 g/mol. The zero-order valence-corrected chi connectivity index (χ0v) is 20.5. The molecule has 2 aromatic heterocycles. The fourth-order valence-electron chi connectivity index (χ4n) is 4.96. The maximum Gasteiger partial charge on any atom is 0.252 e. The van der Waals surface area contributed by atoms with Gasteiger partial charge < -0.3 is 11.1 Å². The topological polar surface area (TPSA) is 89.5 Å². The summed E-state index contributed by atoms with van der Waals surface area (Å²) in [6.07, 6.45) is 3.94. The van der Waals surface area contributed by atoms with Gasteiger partial charge in [0.15, 0.2) is 0 Å². The monoisotopic (exact) mass is 504 g/mol. The second-order valence-corrected chi connectivity index (χ2v) is 9.72. The number of benzene rings is 3. The predicted molar refractivity (Wildman–Crippen MR) is 143 cm³/mol. The van der Waals surface area contributed by atoms with E-state index < -0.39 is 5.91 Å². The van der Waals surface area contributed by atoms with Gasteiger partial charge in [0.25, 0.3) is 11.8 Å². The number of pyridine rings is 1. The van der Waals surface area contributed by atoms with Gasteiger partial charge in [0, 0.05) is 18.2 Å². The number of primary amides is 1. The Morgan fingerprint density at radius 3 is 2.37 bits per heavy atom. The van der Waals surface area contributed by atoms with Gasteiger partial charge in [-0.25, -0.2) is 8.91 Å². The largest absolute Gasteiger partial charge is 0.365 e. The van der Waals surface area contributed by atoms with Crippen LogP contribution in [0.15, 0.2) is 97.2 Å². The Hall–Kier alpha value is -4.78. The lowest BCUT2D eigenvalue weighted by Crippen LogP contribution is -2.34. The number of hydrogen-bond donors (Lipinski definition) is 2. The first-order chi connectivity index (χ1) is 18.4. The van der Waals surface area contributed by atoms with Gasteiger partial charge in [-0.3, -0.25) is 9.59 Å². The Bertz CT molecular complexity index is 1670. The normalized spacial score (nSPS) is 13.8. The maximum atomic E-state index is 13.3. The minimum absolute atomic E-state index is 0.127. The highest BCUT2D eigenvalue weighted by atomic mass is 19.1. The third kappa shape index (κ3) is 4.43. The molecule has 0 saturated heterocycles. The summed E-state index contributed by atoms with van der Waals surface area (Å²) in [7, 11) is 0. The number of fused-ring (bicyclic) bond motifs is 1. The average Bonchev–Trinajstić information content (AvgIpc) is 3.62. The molecule has 6 nitrogen and oxygen atoms in total. The predicted octanol–water partition coefficient (Wildman–Crippen LogP) is 5.25. The number of hydrogen-bond acceptors (Lipinski definition) is 3. The molecule has 2 heterocycles. The van der Waals surface area contributed by atoms with Crippen LogP contribution in [0.4, 0.5) is 4.39 Å². The molecule has 38 heavy (non-hydrogen) atoms. The number of nitrogens with two attached hydrogens (primary N) is 1. The Morgan fingerprint density at radius 2 is 1.66 bits per heavy atom. The number of rotatable bonds is 7. The van der Waals surface area contributed by atoms with Crippen LogP contribution in [0.25, 0.3) is 16.6 Å². The van der Waals surface area contributed by atoms with E-state index in [1.807, 2.05) is 60.7 Å². The molecule has 0 atom stereocenters. The summed E-state index contributed by atoms with van der Waals surface area (Å²) in [5, 5.41) is 7.79. The van der Waals surface area contributed by atoms with Crippen molar-refractivity contribution in [2.45, 2.75) is 24.8 Å². The SMILES string of the molecule is NC(=O)c1c(Cc2ccc(F)cc2)nn2ccc(-c3cccc(C(=O)NC4(c5ccccc5)CC4)c3)cc12. The quantitative estimate of drug-likeness (QED) is 0.317. The molecule has 1 fully saturated rings. The van der Waals surface area contributed by atoms with Crippen LogP contribution >= 0.6 is 0 Å². The molecule has 1 aliphatic carbocycles. The standard InChI is InChI=1S/C31H25FN4O2/c32-25-11-9-20(10-12-25)17-26-28(29(33)37)27-19-22(13-16-36(27)35-26)21-5-4-6-23(18-21)30(38)34-31(14-15-31)24-7-2-1-3-8-24/h1-13,16,18-19H,14-15,17H2,(H2,33,37)(H,34,38). The molecule has 0 bridgehead atoms. The van der Waals surface area contributed by atoms with Crippen molar-refractivity contribution in [3.63, 3.8) is 0 Å².